The Morgan fingerprint density at radius 3 is 2.43 bits per heavy atom. The van der Waals surface area contributed by atoms with Crippen molar-refractivity contribution in [1.29, 1.82) is 0 Å². The zero-order valence-corrected chi connectivity index (χ0v) is 8.92. The number of carbonyl (C=O) groups excluding carboxylic acids is 1. The Morgan fingerprint density at radius 2 is 1.93 bits per heavy atom. The molecule has 0 aliphatic heterocycles. The molecule has 14 heavy (non-hydrogen) atoms. The molecule has 4 nitrogen and oxygen atoms in total. The standard InChI is InChI=1S/C10H20N2O2/c1-7(11-2)10(14)12-8-3-5-9(13)6-4-8/h7-9,11,13H,3-6H2,1-2H3,(H,12,14). The summed E-state index contributed by atoms with van der Waals surface area (Å²) in [7, 11) is 1.77. The number of rotatable bonds is 3. The fourth-order valence-corrected chi connectivity index (χ4v) is 1.68. The Morgan fingerprint density at radius 1 is 1.36 bits per heavy atom. The summed E-state index contributed by atoms with van der Waals surface area (Å²) in [4.78, 5) is 11.5. The van der Waals surface area contributed by atoms with Crippen molar-refractivity contribution < 1.29 is 9.90 Å². The van der Waals surface area contributed by atoms with Crippen LogP contribution in [0.15, 0.2) is 0 Å². The molecule has 3 N–H and O–H groups in total. The fraction of sp³-hybridized carbons (Fsp3) is 0.900. The molecule has 0 bridgehead atoms. The predicted octanol–water partition coefficient (Wildman–Crippen LogP) is 0.0140. The molecule has 0 aromatic rings. The quantitative estimate of drug-likeness (QED) is 0.601. The first kappa shape index (κ1) is 11.5. The monoisotopic (exact) mass is 200 g/mol. The summed E-state index contributed by atoms with van der Waals surface area (Å²) in [5.74, 6) is 0.0499. The number of aliphatic hydroxyl groups is 1. The Balaban J connectivity index is 2.27. The van der Waals surface area contributed by atoms with E-state index in [0.29, 0.717) is 0 Å². The van der Waals surface area contributed by atoms with Gasteiger partial charge in [-0.05, 0) is 39.7 Å². The maximum absolute atomic E-state index is 11.5. The van der Waals surface area contributed by atoms with Crippen molar-refractivity contribution in [2.24, 2.45) is 0 Å². The summed E-state index contributed by atoms with van der Waals surface area (Å²) < 4.78 is 0. The van der Waals surface area contributed by atoms with Crippen molar-refractivity contribution in [3.05, 3.63) is 0 Å². The minimum absolute atomic E-state index is 0.0499. The SMILES string of the molecule is CNC(C)C(=O)NC1CCC(O)CC1. The molecule has 1 atom stereocenters. The molecule has 1 saturated carbocycles. The zero-order valence-electron chi connectivity index (χ0n) is 8.92. The lowest BCUT2D eigenvalue weighted by molar-refractivity contribution is -0.123. The van der Waals surface area contributed by atoms with Gasteiger partial charge in [-0.2, -0.15) is 0 Å². The number of hydrogen-bond donors (Lipinski definition) is 3. The van der Waals surface area contributed by atoms with Crippen molar-refractivity contribution in [1.82, 2.24) is 10.6 Å². The zero-order chi connectivity index (χ0) is 10.6. The summed E-state index contributed by atoms with van der Waals surface area (Å²) >= 11 is 0. The van der Waals surface area contributed by atoms with E-state index < -0.39 is 0 Å². The third kappa shape index (κ3) is 3.27. The Hall–Kier alpha value is -0.610. The van der Waals surface area contributed by atoms with E-state index >= 15 is 0 Å². The first-order valence-corrected chi connectivity index (χ1v) is 5.29. The number of hydrogen-bond acceptors (Lipinski definition) is 3. The Kier molecular flexibility index (Phi) is 4.35. The maximum Gasteiger partial charge on any atom is 0.237 e. The molecule has 1 unspecified atom stereocenters. The van der Waals surface area contributed by atoms with Gasteiger partial charge in [0.25, 0.3) is 0 Å². The summed E-state index contributed by atoms with van der Waals surface area (Å²) in [6, 6.07) is 0.114. The summed E-state index contributed by atoms with van der Waals surface area (Å²) in [5.41, 5.74) is 0. The molecule has 4 heteroatoms. The van der Waals surface area contributed by atoms with E-state index in [1.807, 2.05) is 6.92 Å². The summed E-state index contributed by atoms with van der Waals surface area (Å²) in [5, 5.41) is 15.2. The van der Waals surface area contributed by atoms with Crippen molar-refractivity contribution >= 4 is 5.91 Å². The third-order valence-corrected chi connectivity index (χ3v) is 2.87. The fourth-order valence-electron chi connectivity index (χ4n) is 1.68. The molecule has 1 aliphatic rings. The van der Waals surface area contributed by atoms with Crippen molar-refractivity contribution in [2.45, 2.75) is 50.8 Å². The van der Waals surface area contributed by atoms with Crippen LogP contribution < -0.4 is 10.6 Å². The normalized spacial score (nSPS) is 29.6. The van der Waals surface area contributed by atoms with Gasteiger partial charge in [0.1, 0.15) is 0 Å². The highest BCUT2D eigenvalue weighted by molar-refractivity contribution is 5.81. The van der Waals surface area contributed by atoms with Crippen LogP contribution in [0.25, 0.3) is 0 Å². The highest BCUT2D eigenvalue weighted by atomic mass is 16.3. The minimum Gasteiger partial charge on any atom is -0.393 e. The third-order valence-electron chi connectivity index (χ3n) is 2.87. The first-order valence-electron chi connectivity index (χ1n) is 5.29. The van der Waals surface area contributed by atoms with Crippen LogP contribution in [0.4, 0.5) is 0 Å². The molecule has 0 radical (unpaired) electrons. The van der Waals surface area contributed by atoms with Crippen LogP contribution in [0.1, 0.15) is 32.6 Å². The van der Waals surface area contributed by atoms with Gasteiger partial charge in [-0.25, -0.2) is 0 Å². The highest BCUT2D eigenvalue weighted by Gasteiger charge is 2.22. The first-order chi connectivity index (χ1) is 6.63. The van der Waals surface area contributed by atoms with Crippen LogP contribution in [-0.4, -0.2) is 36.2 Å². The number of aliphatic hydroxyl groups excluding tert-OH is 1. The molecule has 1 amide bonds. The van der Waals surface area contributed by atoms with Crippen LogP contribution in [0.2, 0.25) is 0 Å². The van der Waals surface area contributed by atoms with Gasteiger partial charge in [0, 0.05) is 6.04 Å². The second-order valence-corrected chi connectivity index (χ2v) is 4.02. The molecule has 0 aromatic carbocycles. The molecule has 0 spiro atoms. The van der Waals surface area contributed by atoms with Gasteiger partial charge in [0.05, 0.1) is 12.1 Å². The number of carbonyl (C=O) groups is 1. The predicted molar refractivity (Wildman–Crippen MR) is 54.9 cm³/mol. The second-order valence-electron chi connectivity index (χ2n) is 4.02. The summed E-state index contributed by atoms with van der Waals surface area (Å²) in [6.07, 6.45) is 3.23. The minimum atomic E-state index is -0.162. The van der Waals surface area contributed by atoms with Crippen molar-refractivity contribution in [2.75, 3.05) is 7.05 Å². The van der Waals surface area contributed by atoms with Crippen LogP contribution in [0.5, 0.6) is 0 Å². The largest absolute Gasteiger partial charge is 0.393 e. The van der Waals surface area contributed by atoms with Crippen LogP contribution in [0.3, 0.4) is 0 Å². The van der Waals surface area contributed by atoms with E-state index in [4.69, 9.17) is 0 Å². The average molecular weight is 200 g/mol. The van der Waals surface area contributed by atoms with Gasteiger partial charge in [0.15, 0.2) is 0 Å². The smallest absolute Gasteiger partial charge is 0.237 e. The van der Waals surface area contributed by atoms with Gasteiger partial charge in [-0.3, -0.25) is 4.79 Å². The average Bonchev–Trinajstić information content (AvgIpc) is 2.20. The summed E-state index contributed by atoms with van der Waals surface area (Å²) in [6.45, 7) is 1.84. The molecular weight excluding hydrogens is 180 g/mol. The van der Waals surface area contributed by atoms with Gasteiger partial charge in [-0.1, -0.05) is 0 Å². The van der Waals surface area contributed by atoms with Gasteiger partial charge in [0.2, 0.25) is 5.91 Å². The Bertz CT molecular complexity index is 189. The van der Waals surface area contributed by atoms with E-state index in [1.54, 1.807) is 7.05 Å². The van der Waals surface area contributed by atoms with E-state index in [9.17, 15) is 9.90 Å². The molecule has 0 saturated heterocycles. The highest BCUT2D eigenvalue weighted by Crippen LogP contribution is 2.18. The van der Waals surface area contributed by atoms with Crippen LogP contribution >= 0.6 is 0 Å². The van der Waals surface area contributed by atoms with Gasteiger partial charge < -0.3 is 15.7 Å². The van der Waals surface area contributed by atoms with Crippen LogP contribution in [-0.2, 0) is 4.79 Å². The van der Waals surface area contributed by atoms with E-state index in [2.05, 4.69) is 10.6 Å². The Labute approximate surface area is 85.1 Å². The molecule has 0 aromatic heterocycles. The molecule has 0 heterocycles. The number of nitrogens with one attached hydrogen (secondary N) is 2. The maximum atomic E-state index is 11.5. The van der Waals surface area contributed by atoms with Gasteiger partial charge >= 0.3 is 0 Å². The lowest BCUT2D eigenvalue weighted by atomic mass is 9.93. The van der Waals surface area contributed by atoms with E-state index in [1.165, 1.54) is 0 Å². The lowest BCUT2D eigenvalue weighted by Gasteiger charge is -2.27. The molecular formula is C10H20N2O2. The topological polar surface area (TPSA) is 61.4 Å². The molecule has 82 valence electrons. The molecule has 1 fully saturated rings. The number of amides is 1. The van der Waals surface area contributed by atoms with E-state index in [-0.39, 0.29) is 24.1 Å². The molecule has 1 rings (SSSR count). The van der Waals surface area contributed by atoms with Gasteiger partial charge in [-0.15, -0.1) is 0 Å². The van der Waals surface area contributed by atoms with E-state index in [0.717, 1.165) is 25.7 Å². The lowest BCUT2D eigenvalue weighted by Crippen LogP contribution is -2.46. The molecule has 1 aliphatic carbocycles. The number of likely N-dealkylation sites (N-methyl/N-ethyl adjacent to an activating group) is 1. The van der Waals surface area contributed by atoms with Crippen molar-refractivity contribution in [3.63, 3.8) is 0 Å². The van der Waals surface area contributed by atoms with Crippen molar-refractivity contribution in [3.8, 4) is 0 Å². The second kappa shape index (κ2) is 5.32. The van der Waals surface area contributed by atoms with Crippen LogP contribution in [0, 0.1) is 0 Å².